The molecule has 0 spiro atoms. The average Bonchev–Trinajstić information content (AvgIpc) is 2.65. The summed E-state index contributed by atoms with van der Waals surface area (Å²) in [5.41, 5.74) is 0.944. The minimum absolute atomic E-state index is 0.0563. The Labute approximate surface area is 89.3 Å². The van der Waals surface area contributed by atoms with Crippen LogP contribution in [0.15, 0.2) is 6.20 Å². The molecule has 1 fully saturated rings. The molecular weight excluding hydrogens is 190 g/mol. The highest BCUT2D eigenvalue weighted by Gasteiger charge is 2.22. The van der Waals surface area contributed by atoms with Crippen molar-refractivity contribution in [1.82, 2.24) is 19.9 Å². The lowest BCUT2D eigenvalue weighted by Gasteiger charge is -2.30. The summed E-state index contributed by atoms with van der Waals surface area (Å²) < 4.78 is 1.70. The van der Waals surface area contributed by atoms with Gasteiger partial charge in [-0.1, -0.05) is 5.21 Å². The lowest BCUT2D eigenvalue weighted by atomic mass is 10.0. The molecule has 1 saturated heterocycles. The summed E-state index contributed by atoms with van der Waals surface area (Å²) in [5, 5.41) is 16.9. The molecule has 2 heterocycles. The molecule has 1 unspecified atom stereocenters. The number of aromatic nitrogens is 3. The van der Waals surface area contributed by atoms with Gasteiger partial charge in [0, 0.05) is 19.8 Å². The first-order valence-corrected chi connectivity index (χ1v) is 5.28. The topological polar surface area (TPSA) is 57.7 Å². The second-order valence-electron chi connectivity index (χ2n) is 3.99. The summed E-state index contributed by atoms with van der Waals surface area (Å²) >= 11 is 0. The third kappa shape index (κ3) is 2.34. The van der Waals surface area contributed by atoms with Crippen molar-refractivity contribution in [3.63, 3.8) is 0 Å². The molecule has 0 radical (unpaired) electrons. The molecule has 1 aromatic rings. The van der Waals surface area contributed by atoms with E-state index in [-0.39, 0.29) is 6.04 Å². The van der Waals surface area contributed by atoms with E-state index in [0.29, 0.717) is 0 Å². The van der Waals surface area contributed by atoms with Crippen molar-refractivity contribution < 1.29 is 0 Å². The number of hydrogen-bond donors (Lipinski definition) is 0. The molecule has 0 amide bonds. The Bertz CT molecular complexity index is 364. The van der Waals surface area contributed by atoms with Crippen molar-refractivity contribution in [3.05, 3.63) is 11.9 Å². The fourth-order valence-electron chi connectivity index (χ4n) is 2.00. The molecule has 0 aliphatic carbocycles. The molecule has 5 heteroatoms. The lowest BCUT2D eigenvalue weighted by Crippen LogP contribution is -2.37. The highest BCUT2D eigenvalue weighted by atomic mass is 15.4. The van der Waals surface area contributed by atoms with Crippen LogP contribution in [0.2, 0.25) is 0 Å². The van der Waals surface area contributed by atoms with Gasteiger partial charge in [-0.05, 0) is 25.8 Å². The smallest absolute Gasteiger partial charge is 0.0981 e. The van der Waals surface area contributed by atoms with E-state index in [1.165, 1.54) is 6.42 Å². The van der Waals surface area contributed by atoms with Crippen LogP contribution in [0.3, 0.4) is 0 Å². The van der Waals surface area contributed by atoms with Crippen molar-refractivity contribution in [1.29, 1.82) is 5.26 Å². The van der Waals surface area contributed by atoms with Crippen molar-refractivity contribution in [3.8, 4) is 6.07 Å². The van der Waals surface area contributed by atoms with E-state index in [0.717, 1.165) is 31.6 Å². The van der Waals surface area contributed by atoms with E-state index in [4.69, 9.17) is 5.26 Å². The minimum atomic E-state index is 0.0563. The predicted molar refractivity (Wildman–Crippen MR) is 54.7 cm³/mol. The fraction of sp³-hybridized carbons (Fsp3) is 0.700. The third-order valence-corrected chi connectivity index (χ3v) is 2.78. The molecular formula is C10H15N5. The van der Waals surface area contributed by atoms with E-state index in [2.05, 4.69) is 21.3 Å². The summed E-state index contributed by atoms with van der Waals surface area (Å²) in [5.74, 6) is 0. The number of nitriles is 1. The van der Waals surface area contributed by atoms with Crippen LogP contribution in [0, 0.1) is 11.3 Å². The predicted octanol–water partition coefficient (Wildman–Crippen LogP) is 0.693. The van der Waals surface area contributed by atoms with Crippen molar-refractivity contribution in [2.24, 2.45) is 7.05 Å². The zero-order valence-electron chi connectivity index (χ0n) is 8.93. The highest BCUT2D eigenvalue weighted by molar-refractivity contribution is 4.99. The van der Waals surface area contributed by atoms with Gasteiger partial charge in [0.1, 0.15) is 0 Å². The molecule has 1 aromatic heterocycles. The summed E-state index contributed by atoms with van der Waals surface area (Å²) in [7, 11) is 1.86. The van der Waals surface area contributed by atoms with Gasteiger partial charge in [-0.3, -0.25) is 9.58 Å². The van der Waals surface area contributed by atoms with Gasteiger partial charge < -0.3 is 0 Å². The minimum Gasteiger partial charge on any atom is -0.282 e. The van der Waals surface area contributed by atoms with Crippen molar-refractivity contribution >= 4 is 0 Å². The number of likely N-dealkylation sites (tertiary alicyclic amines) is 1. The van der Waals surface area contributed by atoms with E-state index in [9.17, 15) is 0 Å². The molecule has 1 atom stereocenters. The second-order valence-corrected chi connectivity index (χ2v) is 3.99. The van der Waals surface area contributed by atoms with Crippen molar-refractivity contribution in [2.45, 2.75) is 31.8 Å². The number of piperidine rings is 1. The Hall–Kier alpha value is -1.41. The van der Waals surface area contributed by atoms with Gasteiger partial charge in [0.25, 0.3) is 0 Å². The molecule has 2 rings (SSSR count). The fourth-order valence-corrected chi connectivity index (χ4v) is 2.00. The molecule has 1 aliphatic rings. The average molecular weight is 205 g/mol. The molecule has 15 heavy (non-hydrogen) atoms. The second kappa shape index (κ2) is 4.41. The Balaban J connectivity index is 2.01. The largest absolute Gasteiger partial charge is 0.282 e. The summed E-state index contributed by atoms with van der Waals surface area (Å²) in [6.45, 7) is 1.74. The number of aryl methyl sites for hydroxylation is 1. The monoisotopic (exact) mass is 205 g/mol. The van der Waals surface area contributed by atoms with Crippen LogP contribution in [0.1, 0.15) is 25.0 Å². The van der Waals surface area contributed by atoms with Gasteiger partial charge in [0.05, 0.1) is 17.8 Å². The summed E-state index contributed by atoms with van der Waals surface area (Å²) in [4.78, 5) is 2.19. The molecule has 80 valence electrons. The number of rotatable bonds is 2. The van der Waals surface area contributed by atoms with Gasteiger partial charge >= 0.3 is 0 Å². The van der Waals surface area contributed by atoms with Gasteiger partial charge in [-0.15, -0.1) is 5.10 Å². The van der Waals surface area contributed by atoms with Crippen LogP contribution < -0.4 is 0 Å². The normalized spacial score (nSPS) is 22.5. The van der Waals surface area contributed by atoms with Crippen LogP contribution in [-0.4, -0.2) is 32.5 Å². The maximum atomic E-state index is 9.01. The van der Waals surface area contributed by atoms with Gasteiger partial charge in [0.2, 0.25) is 0 Å². The number of hydrogen-bond acceptors (Lipinski definition) is 4. The van der Waals surface area contributed by atoms with Crippen LogP contribution >= 0.6 is 0 Å². The number of nitrogens with zero attached hydrogens (tertiary/aromatic N) is 5. The zero-order valence-corrected chi connectivity index (χ0v) is 8.93. The van der Waals surface area contributed by atoms with E-state index in [1.54, 1.807) is 4.68 Å². The molecule has 0 saturated carbocycles. The molecule has 0 aromatic carbocycles. The highest BCUT2D eigenvalue weighted by Crippen LogP contribution is 2.18. The molecule has 0 bridgehead atoms. The van der Waals surface area contributed by atoms with Crippen LogP contribution in [0.5, 0.6) is 0 Å². The van der Waals surface area contributed by atoms with Gasteiger partial charge in [0.15, 0.2) is 0 Å². The SMILES string of the molecule is Cn1cc(CN2CCCCC2C#N)nn1. The Morgan fingerprint density at radius 1 is 1.60 bits per heavy atom. The Kier molecular flexibility index (Phi) is 2.97. The molecule has 1 aliphatic heterocycles. The maximum Gasteiger partial charge on any atom is 0.0981 e. The van der Waals surface area contributed by atoms with Gasteiger partial charge in [-0.2, -0.15) is 5.26 Å². The van der Waals surface area contributed by atoms with Crippen LogP contribution in [0.25, 0.3) is 0 Å². The summed E-state index contributed by atoms with van der Waals surface area (Å²) in [6.07, 6.45) is 5.23. The maximum absolute atomic E-state index is 9.01. The first-order chi connectivity index (χ1) is 7.29. The lowest BCUT2D eigenvalue weighted by molar-refractivity contribution is 0.174. The van der Waals surface area contributed by atoms with Crippen LogP contribution in [0.4, 0.5) is 0 Å². The first-order valence-electron chi connectivity index (χ1n) is 5.28. The Morgan fingerprint density at radius 2 is 2.47 bits per heavy atom. The third-order valence-electron chi connectivity index (χ3n) is 2.78. The van der Waals surface area contributed by atoms with E-state index >= 15 is 0 Å². The van der Waals surface area contributed by atoms with Crippen LogP contribution in [-0.2, 0) is 13.6 Å². The van der Waals surface area contributed by atoms with Crippen molar-refractivity contribution in [2.75, 3.05) is 6.54 Å². The van der Waals surface area contributed by atoms with Gasteiger partial charge in [-0.25, -0.2) is 0 Å². The molecule has 0 N–H and O–H groups in total. The summed E-state index contributed by atoms with van der Waals surface area (Å²) in [6, 6.07) is 2.41. The quantitative estimate of drug-likeness (QED) is 0.713. The standard InChI is InChI=1S/C10H15N5/c1-14-7-9(12-13-14)8-15-5-3-2-4-10(15)6-11/h7,10H,2-5,8H2,1H3. The zero-order chi connectivity index (χ0) is 10.7. The molecule has 5 nitrogen and oxygen atoms in total. The Morgan fingerprint density at radius 3 is 3.13 bits per heavy atom. The van der Waals surface area contributed by atoms with E-state index in [1.807, 2.05) is 13.2 Å². The first kappa shape index (κ1) is 10.1. The van der Waals surface area contributed by atoms with E-state index < -0.39 is 0 Å².